The summed E-state index contributed by atoms with van der Waals surface area (Å²) >= 11 is 2.21. The average molecular weight is 228 g/mol. The zero-order valence-corrected chi connectivity index (χ0v) is 10.5. The molecule has 0 saturated carbocycles. The lowest BCUT2D eigenvalue weighted by molar-refractivity contribution is 0.242. The number of likely N-dealkylation sites (tertiary alicyclic amines) is 1. The van der Waals surface area contributed by atoms with Gasteiger partial charge in [0.2, 0.25) is 0 Å². The van der Waals surface area contributed by atoms with Crippen LogP contribution in [0.3, 0.4) is 0 Å². The standard InChI is InChI=1S/C12H24N2S/c1-2-8-14(9-3-1)10-11-15-12-4-6-13-7-5-12/h12-13H,1-11H2. The highest BCUT2D eigenvalue weighted by atomic mass is 32.2. The van der Waals surface area contributed by atoms with Crippen LogP contribution < -0.4 is 5.32 Å². The van der Waals surface area contributed by atoms with Crippen LogP contribution in [0.25, 0.3) is 0 Å². The van der Waals surface area contributed by atoms with E-state index in [1.807, 2.05) is 0 Å². The van der Waals surface area contributed by atoms with Crippen molar-refractivity contribution >= 4 is 11.8 Å². The molecule has 0 amide bonds. The van der Waals surface area contributed by atoms with Crippen molar-refractivity contribution in [2.75, 3.05) is 38.5 Å². The second-order valence-corrected chi connectivity index (χ2v) is 6.13. The molecule has 0 aromatic heterocycles. The van der Waals surface area contributed by atoms with Gasteiger partial charge in [0.05, 0.1) is 0 Å². The van der Waals surface area contributed by atoms with Gasteiger partial charge in [-0.1, -0.05) is 6.42 Å². The number of nitrogens with zero attached hydrogens (tertiary/aromatic N) is 1. The first kappa shape index (κ1) is 11.7. The molecule has 2 fully saturated rings. The molecule has 0 aliphatic carbocycles. The predicted molar refractivity (Wildman–Crippen MR) is 68.6 cm³/mol. The smallest absolute Gasteiger partial charge is 0.00724 e. The van der Waals surface area contributed by atoms with Crippen LogP contribution in [0.5, 0.6) is 0 Å². The Morgan fingerprint density at radius 3 is 2.53 bits per heavy atom. The Hall–Kier alpha value is 0.270. The van der Waals surface area contributed by atoms with E-state index in [0.29, 0.717) is 0 Å². The fourth-order valence-corrected chi connectivity index (χ4v) is 3.76. The maximum atomic E-state index is 3.43. The molecule has 2 saturated heterocycles. The molecular weight excluding hydrogens is 204 g/mol. The van der Waals surface area contributed by atoms with E-state index in [2.05, 4.69) is 22.0 Å². The molecule has 0 aromatic rings. The fourth-order valence-electron chi connectivity index (χ4n) is 2.49. The lowest BCUT2D eigenvalue weighted by atomic mass is 10.1. The fraction of sp³-hybridized carbons (Fsp3) is 1.00. The molecule has 88 valence electrons. The van der Waals surface area contributed by atoms with E-state index < -0.39 is 0 Å². The number of thioether (sulfide) groups is 1. The number of rotatable bonds is 4. The van der Waals surface area contributed by atoms with E-state index in [4.69, 9.17) is 0 Å². The van der Waals surface area contributed by atoms with Gasteiger partial charge in [0.15, 0.2) is 0 Å². The van der Waals surface area contributed by atoms with Gasteiger partial charge in [-0.15, -0.1) is 0 Å². The minimum atomic E-state index is 0.941. The van der Waals surface area contributed by atoms with E-state index >= 15 is 0 Å². The van der Waals surface area contributed by atoms with E-state index in [-0.39, 0.29) is 0 Å². The van der Waals surface area contributed by atoms with Gasteiger partial charge in [0, 0.05) is 17.5 Å². The van der Waals surface area contributed by atoms with Crippen molar-refractivity contribution in [2.45, 2.75) is 37.4 Å². The van der Waals surface area contributed by atoms with E-state index in [9.17, 15) is 0 Å². The zero-order chi connectivity index (χ0) is 10.3. The second kappa shape index (κ2) is 6.77. The Kier molecular flexibility index (Phi) is 5.30. The summed E-state index contributed by atoms with van der Waals surface area (Å²) in [5.74, 6) is 1.35. The van der Waals surface area contributed by atoms with Crippen LogP contribution in [0.2, 0.25) is 0 Å². The quantitative estimate of drug-likeness (QED) is 0.792. The summed E-state index contributed by atoms with van der Waals surface area (Å²) in [5, 5.41) is 4.37. The Morgan fingerprint density at radius 1 is 1.07 bits per heavy atom. The Labute approximate surface area is 98.2 Å². The molecule has 2 heterocycles. The maximum Gasteiger partial charge on any atom is 0.00724 e. The van der Waals surface area contributed by atoms with Crippen LogP contribution in [-0.2, 0) is 0 Å². The van der Waals surface area contributed by atoms with Crippen molar-refractivity contribution in [2.24, 2.45) is 0 Å². The predicted octanol–water partition coefficient (Wildman–Crippen LogP) is 1.96. The van der Waals surface area contributed by atoms with Crippen molar-refractivity contribution in [3.63, 3.8) is 0 Å². The van der Waals surface area contributed by atoms with Crippen molar-refractivity contribution in [3.05, 3.63) is 0 Å². The van der Waals surface area contributed by atoms with Crippen molar-refractivity contribution in [1.29, 1.82) is 0 Å². The van der Waals surface area contributed by atoms with Gasteiger partial charge in [-0.05, 0) is 51.9 Å². The molecule has 0 unspecified atom stereocenters. The van der Waals surface area contributed by atoms with Crippen molar-refractivity contribution < 1.29 is 0 Å². The molecule has 2 aliphatic rings. The molecule has 1 N–H and O–H groups in total. The first-order valence-corrected chi connectivity index (χ1v) is 7.55. The van der Waals surface area contributed by atoms with E-state index in [1.54, 1.807) is 0 Å². The molecule has 15 heavy (non-hydrogen) atoms. The minimum Gasteiger partial charge on any atom is -0.317 e. The monoisotopic (exact) mass is 228 g/mol. The van der Waals surface area contributed by atoms with Crippen LogP contribution in [0.1, 0.15) is 32.1 Å². The summed E-state index contributed by atoms with van der Waals surface area (Å²) in [6, 6.07) is 0. The van der Waals surface area contributed by atoms with Crippen LogP contribution in [0.4, 0.5) is 0 Å². The second-order valence-electron chi connectivity index (χ2n) is 4.72. The summed E-state index contributed by atoms with van der Waals surface area (Å²) < 4.78 is 0. The number of piperidine rings is 2. The molecule has 0 aromatic carbocycles. The largest absolute Gasteiger partial charge is 0.317 e. The van der Waals surface area contributed by atoms with Gasteiger partial charge in [0.25, 0.3) is 0 Å². The van der Waals surface area contributed by atoms with Crippen LogP contribution in [0, 0.1) is 0 Å². The highest BCUT2D eigenvalue weighted by molar-refractivity contribution is 7.99. The highest BCUT2D eigenvalue weighted by Crippen LogP contribution is 2.20. The zero-order valence-electron chi connectivity index (χ0n) is 9.71. The van der Waals surface area contributed by atoms with Gasteiger partial charge in [0.1, 0.15) is 0 Å². The number of hydrogen-bond donors (Lipinski definition) is 1. The topological polar surface area (TPSA) is 15.3 Å². The normalized spacial score (nSPS) is 25.6. The lowest BCUT2D eigenvalue weighted by Gasteiger charge is -2.27. The number of nitrogens with one attached hydrogen (secondary N) is 1. The number of hydrogen-bond acceptors (Lipinski definition) is 3. The van der Waals surface area contributed by atoms with Crippen molar-refractivity contribution in [1.82, 2.24) is 10.2 Å². The summed E-state index contributed by atoms with van der Waals surface area (Å²) in [4.78, 5) is 2.65. The van der Waals surface area contributed by atoms with Crippen molar-refractivity contribution in [3.8, 4) is 0 Å². The molecule has 3 heteroatoms. The third kappa shape index (κ3) is 4.33. The Balaban J connectivity index is 1.53. The highest BCUT2D eigenvalue weighted by Gasteiger charge is 2.14. The molecule has 2 rings (SSSR count). The average Bonchev–Trinajstić information content (AvgIpc) is 2.32. The van der Waals surface area contributed by atoms with Gasteiger partial charge in [-0.25, -0.2) is 0 Å². The SMILES string of the molecule is C1CCN(CCSC2CCNCC2)CC1. The Morgan fingerprint density at radius 2 is 1.80 bits per heavy atom. The van der Waals surface area contributed by atoms with Crippen LogP contribution in [-0.4, -0.2) is 48.6 Å². The first-order valence-electron chi connectivity index (χ1n) is 6.50. The molecule has 0 radical (unpaired) electrons. The molecule has 2 nitrogen and oxygen atoms in total. The van der Waals surface area contributed by atoms with E-state index in [0.717, 1.165) is 5.25 Å². The van der Waals surface area contributed by atoms with Gasteiger partial charge in [-0.3, -0.25) is 0 Å². The van der Waals surface area contributed by atoms with Crippen LogP contribution in [0.15, 0.2) is 0 Å². The Bertz CT molecular complexity index is 145. The molecule has 0 bridgehead atoms. The third-order valence-electron chi connectivity index (χ3n) is 3.50. The molecular formula is C12H24N2S. The summed E-state index contributed by atoms with van der Waals surface area (Å²) in [6.07, 6.45) is 7.07. The molecule has 0 atom stereocenters. The maximum absolute atomic E-state index is 3.43. The minimum absolute atomic E-state index is 0.941. The third-order valence-corrected chi connectivity index (χ3v) is 4.86. The van der Waals surface area contributed by atoms with Gasteiger partial charge < -0.3 is 10.2 Å². The summed E-state index contributed by atoms with van der Waals surface area (Å²) in [5.41, 5.74) is 0. The van der Waals surface area contributed by atoms with Gasteiger partial charge >= 0.3 is 0 Å². The first-order chi connectivity index (χ1) is 7.45. The van der Waals surface area contributed by atoms with Crippen LogP contribution >= 0.6 is 11.8 Å². The lowest BCUT2D eigenvalue weighted by Crippen LogP contribution is -2.33. The summed E-state index contributed by atoms with van der Waals surface area (Å²) in [6.45, 7) is 6.51. The van der Waals surface area contributed by atoms with E-state index in [1.165, 1.54) is 70.6 Å². The van der Waals surface area contributed by atoms with Gasteiger partial charge in [-0.2, -0.15) is 11.8 Å². The molecule has 2 aliphatic heterocycles. The molecule has 0 spiro atoms. The summed E-state index contributed by atoms with van der Waals surface area (Å²) in [7, 11) is 0.